The van der Waals surface area contributed by atoms with Crippen LogP contribution in [0.3, 0.4) is 0 Å². The lowest BCUT2D eigenvalue weighted by atomic mass is 10.1. The molecule has 1 saturated heterocycles. The highest BCUT2D eigenvalue weighted by Gasteiger charge is 2.40. The van der Waals surface area contributed by atoms with Gasteiger partial charge < -0.3 is 9.64 Å². The molecule has 2 atom stereocenters. The van der Waals surface area contributed by atoms with E-state index in [1.54, 1.807) is 16.2 Å². The van der Waals surface area contributed by atoms with E-state index in [2.05, 4.69) is 5.32 Å². The Bertz CT molecular complexity index is 454. The Morgan fingerprint density at radius 3 is 2.81 bits per heavy atom. The predicted octanol–water partition coefficient (Wildman–Crippen LogP) is 2.48. The summed E-state index contributed by atoms with van der Waals surface area (Å²) < 4.78 is 29.0. The second-order valence-corrected chi connectivity index (χ2v) is 6.13. The quantitative estimate of drug-likeness (QED) is 0.785. The molecule has 7 heteroatoms. The molecule has 0 saturated carbocycles. The van der Waals surface area contributed by atoms with Crippen molar-refractivity contribution in [1.82, 2.24) is 10.2 Å². The van der Waals surface area contributed by atoms with Crippen molar-refractivity contribution in [2.45, 2.75) is 32.5 Å². The molecule has 1 N–H and O–H groups in total. The molecular weight excluding hydrogens is 298 g/mol. The van der Waals surface area contributed by atoms with Crippen molar-refractivity contribution in [3.8, 4) is 0 Å². The van der Waals surface area contributed by atoms with Crippen LogP contribution >= 0.6 is 11.3 Å². The van der Waals surface area contributed by atoms with Gasteiger partial charge in [0.2, 0.25) is 5.91 Å². The number of alkyl halides is 2. The van der Waals surface area contributed by atoms with Crippen LogP contribution in [0.2, 0.25) is 0 Å². The summed E-state index contributed by atoms with van der Waals surface area (Å²) in [6.45, 7) is 3.80. The van der Waals surface area contributed by atoms with E-state index in [9.17, 15) is 13.6 Å². The number of rotatable bonds is 7. The van der Waals surface area contributed by atoms with E-state index in [4.69, 9.17) is 4.74 Å². The van der Waals surface area contributed by atoms with Crippen molar-refractivity contribution in [1.29, 1.82) is 0 Å². The molecule has 4 nitrogen and oxygen atoms in total. The van der Waals surface area contributed by atoms with E-state index in [0.29, 0.717) is 6.54 Å². The van der Waals surface area contributed by atoms with Crippen LogP contribution in [0.15, 0.2) is 16.8 Å². The molecule has 21 heavy (non-hydrogen) atoms. The van der Waals surface area contributed by atoms with Crippen LogP contribution in [-0.2, 0) is 9.53 Å². The molecule has 1 aliphatic heterocycles. The summed E-state index contributed by atoms with van der Waals surface area (Å²) in [6, 6.07) is 1.72. The molecule has 0 aliphatic carbocycles. The Hall–Kier alpha value is -1.05. The summed E-state index contributed by atoms with van der Waals surface area (Å²) in [5, 5.41) is 7.26. The number of hydrogen-bond acceptors (Lipinski definition) is 4. The maximum absolute atomic E-state index is 12.4. The Kier molecular flexibility index (Phi) is 5.66. The highest BCUT2D eigenvalue weighted by molar-refractivity contribution is 7.07. The number of carbonyl (C=O) groups is 1. The topological polar surface area (TPSA) is 41.6 Å². The number of thiophene rings is 1. The minimum absolute atomic E-state index is 0.00171. The van der Waals surface area contributed by atoms with Crippen LogP contribution in [-0.4, -0.2) is 43.0 Å². The van der Waals surface area contributed by atoms with Gasteiger partial charge in [-0.2, -0.15) is 11.3 Å². The SMILES string of the molecule is CC(C)C1NC(c2ccsc2)N(CCOCC(F)F)C1=O. The lowest BCUT2D eigenvalue weighted by Crippen LogP contribution is -2.36. The van der Waals surface area contributed by atoms with Gasteiger partial charge in [0.1, 0.15) is 12.8 Å². The number of nitrogens with zero attached hydrogens (tertiary/aromatic N) is 1. The van der Waals surface area contributed by atoms with E-state index >= 15 is 0 Å². The summed E-state index contributed by atoms with van der Waals surface area (Å²) >= 11 is 1.56. The van der Waals surface area contributed by atoms with Crippen molar-refractivity contribution in [3.63, 3.8) is 0 Å². The van der Waals surface area contributed by atoms with Gasteiger partial charge in [0.25, 0.3) is 6.43 Å². The van der Waals surface area contributed by atoms with Crippen LogP contribution in [0.5, 0.6) is 0 Å². The maximum Gasteiger partial charge on any atom is 0.261 e. The van der Waals surface area contributed by atoms with Gasteiger partial charge in [-0.3, -0.25) is 10.1 Å². The summed E-state index contributed by atoms with van der Waals surface area (Å²) in [5.41, 5.74) is 1.02. The summed E-state index contributed by atoms with van der Waals surface area (Å²) in [5.74, 6) is 0.174. The molecule has 118 valence electrons. The largest absolute Gasteiger partial charge is 0.374 e. The van der Waals surface area contributed by atoms with Gasteiger partial charge in [-0.15, -0.1) is 0 Å². The lowest BCUT2D eigenvalue weighted by Gasteiger charge is -2.23. The smallest absolute Gasteiger partial charge is 0.261 e. The molecule has 2 heterocycles. The van der Waals surface area contributed by atoms with Crippen LogP contribution in [0.4, 0.5) is 8.78 Å². The molecule has 0 radical (unpaired) electrons. The van der Waals surface area contributed by atoms with Crippen molar-refractivity contribution < 1.29 is 18.3 Å². The minimum Gasteiger partial charge on any atom is -0.374 e. The predicted molar refractivity (Wildman–Crippen MR) is 77.4 cm³/mol. The first-order valence-electron chi connectivity index (χ1n) is 6.95. The Morgan fingerprint density at radius 2 is 2.24 bits per heavy atom. The Balaban J connectivity index is 2.01. The third-order valence-corrected chi connectivity index (χ3v) is 4.15. The van der Waals surface area contributed by atoms with Gasteiger partial charge in [-0.1, -0.05) is 13.8 Å². The standard InChI is InChI=1S/C14H20F2N2O2S/c1-9(2)12-14(19)18(4-5-20-7-11(15)16)13(17-12)10-3-6-21-8-10/h3,6,8-9,11-13,17H,4-5,7H2,1-2H3. The number of carbonyl (C=O) groups excluding carboxylic acids is 1. The van der Waals surface area contributed by atoms with Crippen LogP contribution in [0.25, 0.3) is 0 Å². The van der Waals surface area contributed by atoms with Gasteiger partial charge >= 0.3 is 0 Å². The number of nitrogens with one attached hydrogen (secondary N) is 1. The Labute approximate surface area is 127 Å². The molecule has 0 spiro atoms. The highest BCUT2D eigenvalue weighted by Crippen LogP contribution is 2.29. The average Bonchev–Trinajstić information content (AvgIpc) is 3.02. The third-order valence-electron chi connectivity index (χ3n) is 3.44. The van der Waals surface area contributed by atoms with Crippen LogP contribution in [0, 0.1) is 5.92 Å². The molecule has 0 bridgehead atoms. The maximum atomic E-state index is 12.4. The van der Waals surface area contributed by atoms with Gasteiger partial charge in [0, 0.05) is 6.54 Å². The third kappa shape index (κ3) is 3.99. The zero-order valence-corrected chi connectivity index (χ0v) is 12.9. The zero-order chi connectivity index (χ0) is 15.4. The second kappa shape index (κ2) is 7.29. The van der Waals surface area contributed by atoms with Gasteiger partial charge in [0.05, 0.1) is 12.6 Å². The molecule has 1 aromatic rings. The van der Waals surface area contributed by atoms with E-state index in [1.807, 2.05) is 30.7 Å². The Morgan fingerprint density at radius 1 is 1.48 bits per heavy atom. The van der Waals surface area contributed by atoms with Crippen molar-refractivity contribution in [2.75, 3.05) is 19.8 Å². The number of ether oxygens (including phenoxy) is 1. The van der Waals surface area contributed by atoms with E-state index in [-0.39, 0.29) is 30.6 Å². The van der Waals surface area contributed by atoms with Gasteiger partial charge in [0.15, 0.2) is 0 Å². The molecule has 1 aliphatic rings. The monoisotopic (exact) mass is 318 g/mol. The number of hydrogen-bond donors (Lipinski definition) is 1. The summed E-state index contributed by atoms with van der Waals surface area (Å²) in [6.07, 6.45) is -2.68. The zero-order valence-electron chi connectivity index (χ0n) is 12.1. The highest BCUT2D eigenvalue weighted by atomic mass is 32.1. The average molecular weight is 318 g/mol. The second-order valence-electron chi connectivity index (χ2n) is 5.35. The van der Waals surface area contributed by atoms with Crippen molar-refractivity contribution in [2.24, 2.45) is 5.92 Å². The molecule has 0 aromatic carbocycles. The van der Waals surface area contributed by atoms with Crippen LogP contribution < -0.4 is 5.32 Å². The molecule has 1 fully saturated rings. The van der Waals surface area contributed by atoms with E-state index < -0.39 is 13.0 Å². The molecule has 2 rings (SSSR count). The van der Waals surface area contributed by atoms with E-state index in [0.717, 1.165) is 5.56 Å². The minimum atomic E-state index is -2.48. The fourth-order valence-electron chi connectivity index (χ4n) is 2.40. The van der Waals surface area contributed by atoms with Gasteiger partial charge in [-0.25, -0.2) is 8.78 Å². The first kappa shape index (κ1) is 16.3. The molecule has 1 amide bonds. The summed E-state index contributed by atoms with van der Waals surface area (Å²) in [4.78, 5) is 14.1. The normalized spacial score (nSPS) is 22.8. The first-order chi connectivity index (χ1) is 10.0. The number of amides is 1. The fourth-order valence-corrected chi connectivity index (χ4v) is 3.08. The first-order valence-corrected chi connectivity index (χ1v) is 7.89. The summed E-state index contributed by atoms with van der Waals surface area (Å²) in [7, 11) is 0. The van der Waals surface area contributed by atoms with Crippen LogP contribution in [0.1, 0.15) is 25.6 Å². The molecule has 2 unspecified atom stereocenters. The lowest BCUT2D eigenvalue weighted by molar-refractivity contribution is -0.131. The number of halogens is 2. The van der Waals surface area contributed by atoms with Crippen molar-refractivity contribution >= 4 is 17.2 Å². The molecular formula is C14H20F2N2O2S. The van der Waals surface area contributed by atoms with E-state index in [1.165, 1.54) is 0 Å². The van der Waals surface area contributed by atoms with Gasteiger partial charge in [-0.05, 0) is 28.3 Å². The molecule has 1 aromatic heterocycles. The van der Waals surface area contributed by atoms with Crippen molar-refractivity contribution in [3.05, 3.63) is 22.4 Å². The fraction of sp³-hybridized carbons (Fsp3) is 0.643.